The lowest BCUT2D eigenvalue weighted by molar-refractivity contribution is 0.0937. The summed E-state index contributed by atoms with van der Waals surface area (Å²) in [6.45, 7) is 3.89. The van der Waals surface area contributed by atoms with E-state index in [9.17, 15) is 9.59 Å². The predicted octanol–water partition coefficient (Wildman–Crippen LogP) is 1.46. The third-order valence-corrected chi connectivity index (χ3v) is 3.20. The van der Waals surface area contributed by atoms with Crippen LogP contribution in [0.4, 0.5) is 0 Å². The molecule has 0 aromatic carbocycles. The summed E-state index contributed by atoms with van der Waals surface area (Å²) in [5.74, 6) is -0.333. The molecule has 0 aliphatic rings. The number of pyridine rings is 2. The maximum Gasteiger partial charge on any atom is 0.264 e. The zero-order valence-corrected chi connectivity index (χ0v) is 11.3. The first kappa shape index (κ1) is 13.3. The molecule has 0 aliphatic heterocycles. The minimum absolute atomic E-state index is 0.0433. The first-order valence-corrected chi connectivity index (χ1v) is 6.30. The molecule has 1 amide bonds. The Bertz CT molecular complexity index is 676. The maximum absolute atomic E-state index is 12.2. The van der Waals surface area contributed by atoms with Crippen molar-refractivity contribution < 1.29 is 4.79 Å². The van der Waals surface area contributed by atoms with Crippen molar-refractivity contribution in [2.45, 2.75) is 26.3 Å². The fraction of sp³-hybridized carbons (Fsp3) is 0.357. The molecule has 0 radical (unpaired) electrons. The van der Waals surface area contributed by atoms with Crippen molar-refractivity contribution in [3.05, 3.63) is 40.3 Å². The Balaban J connectivity index is 2.53. The fourth-order valence-corrected chi connectivity index (χ4v) is 1.86. The summed E-state index contributed by atoms with van der Waals surface area (Å²) < 4.78 is 1.40. The van der Waals surface area contributed by atoms with Crippen molar-refractivity contribution in [3.8, 4) is 0 Å². The molecule has 2 aromatic rings. The quantitative estimate of drug-likeness (QED) is 0.907. The maximum atomic E-state index is 12.2. The highest BCUT2D eigenvalue weighted by Gasteiger charge is 2.15. The van der Waals surface area contributed by atoms with E-state index in [-0.39, 0.29) is 23.1 Å². The molecular weight excluding hydrogens is 242 g/mol. The number of amides is 1. The smallest absolute Gasteiger partial charge is 0.264 e. The van der Waals surface area contributed by atoms with Gasteiger partial charge < -0.3 is 5.32 Å². The molecule has 0 aliphatic carbocycles. The number of hydrogen-bond acceptors (Lipinski definition) is 3. The number of aryl methyl sites for hydroxylation is 1. The molecule has 5 nitrogen and oxygen atoms in total. The largest absolute Gasteiger partial charge is 0.349 e. The topological polar surface area (TPSA) is 64.0 Å². The predicted molar refractivity (Wildman–Crippen MR) is 74.2 cm³/mol. The molecule has 0 saturated carbocycles. The summed E-state index contributed by atoms with van der Waals surface area (Å²) in [6, 6.07) is 5.26. The van der Waals surface area contributed by atoms with E-state index in [4.69, 9.17) is 0 Å². The van der Waals surface area contributed by atoms with E-state index in [2.05, 4.69) is 10.3 Å². The van der Waals surface area contributed by atoms with Crippen LogP contribution in [0.1, 0.15) is 30.6 Å². The van der Waals surface area contributed by atoms with E-state index < -0.39 is 0 Å². The second-order valence-corrected chi connectivity index (χ2v) is 4.62. The average molecular weight is 259 g/mol. The highest BCUT2D eigenvalue weighted by molar-refractivity contribution is 5.97. The molecule has 2 heterocycles. The third-order valence-electron chi connectivity index (χ3n) is 3.20. The average Bonchev–Trinajstić information content (AvgIpc) is 2.42. The highest BCUT2D eigenvalue weighted by Crippen LogP contribution is 2.09. The van der Waals surface area contributed by atoms with Gasteiger partial charge in [-0.15, -0.1) is 0 Å². The van der Waals surface area contributed by atoms with Gasteiger partial charge in [-0.3, -0.25) is 14.2 Å². The van der Waals surface area contributed by atoms with Crippen LogP contribution in [0, 0.1) is 0 Å². The Labute approximate surface area is 111 Å². The molecule has 5 heteroatoms. The van der Waals surface area contributed by atoms with Crippen molar-refractivity contribution in [3.63, 3.8) is 0 Å². The van der Waals surface area contributed by atoms with Gasteiger partial charge in [-0.1, -0.05) is 6.92 Å². The van der Waals surface area contributed by atoms with Crippen molar-refractivity contribution in [2.75, 3.05) is 0 Å². The third kappa shape index (κ3) is 2.50. The minimum atomic E-state index is -0.333. The minimum Gasteiger partial charge on any atom is -0.349 e. The van der Waals surface area contributed by atoms with Gasteiger partial charge in [0.05, 0.1) is 0 Å². The molecule has 0 bridgehead atoms. The van der Waals surface area contributed by atoms with Crippen LogP contribution in [0.2, 0.25) is 0 Å². The Kier molecular flexibility index (Phi) is 3.64. The van der Waals surface area contributed by atoms with Gasteiger partial charge in [-0.05, 0) is 31.5 Å². The summed E-state index contributed by atoms with van der Waals surface area (Å²) in [7, 11) is 1.62. The molecule has 2 rings (SSSR count). The van der Waals surface area contributed by atoms with Crippen LogP contribution in [0.15, 0.2) is 29.2 Å². The van der Waals surface area contributed by atoms with E-state index in [1.54, 1.807) is 25.4 Å². The molecule has 1 atom stereocenters. The van der Waals surface area contributed by atoms with Crippen LogP contribution in [-0.2, 0) is 7.05 Å². The van der Waals surface area contributed by atoms with Crippen molar-refractivity contribution in [1.82, 2.24) is 14.9 Å². The Morgan fingerprint density at radius 2 is 2.26 bits per heavy atom. The van der Waals surface area contributed by atoms with Gasteiger partial charge in [-0.25, -0.2) is 4.98 Å². The molecular formula is C14H17N3O2. The van der Waals surface area contributed by atoms with Crippen molar-refractivity contribution >= 4 is 16.9 Å². The second kappa shape index (κ2) is 5.22. The SMILES string of the molecule is CC[C@H](C)NC(=O)c1cc2cccnc2n(C)c1=O. The lowest BCUT2D eigenvalue weighted by Crippen LogP contribution is -2.37. The van der Waals surface area contributed by atoms with E-state index in [1.165, 1.54) is 4.57 Å². The summed E-state index contributed by atoms with van der Waals surface area (Å²) in [6.07, 6.45) is 2.45. The number of aromatic nitrogens is 2. The van der Waals surface area contributed by atoms with Crippen molar-refractivity contribution in [1.29, 1.82) is 0 Å². The van der Waals surface area contributed by atoms with Crippen LogP contribution in [0.25, 0.3) is 11.0 Å². The molecule has 0 fully saturated rings. The van der Waals surface area contributed by atoms with Crippen LogP contribution in [0.3, 0.4) is 0 Å². The monoisotopic (exact) mass is 259 g/mol. The van der Waals surface area contributed by atoms with Gasteiger partial charge in [-0.2, -0.15) is 0 Å². The lowest BCUT2D eigenvalue weighted by atomic mass is 10.1. The summed E-state index contributed by atoms with van der Waals surface area (Å²) >= 11 is 0. The van der Waals surface area contributed by atoms with Crippen LogP contribution in [0.5, 0.6) is 0 Å². The Morgan fingerprint density at radius 3 is 2.95 bits per heavy atom. The van der Waals surface area contributed by atoms with Crippen LogP contribution in [-0.4, -0.2) is 21.5 Å². The molecule has 2 aromatic heterocycles. The first-order valence-electron chi connectivity index (χ1n) is 6.30. The summed E-state index contributed by atoms with van der Waals surface area (Å²) in [5, 5.41) is 3.58. The van der Waals surface area contributed by atoms with Gasteiger partial charge >= 0.3 is 0 Å². The van der Waals surface area contributed by atoms with Gasteiger partial charge in [0.15, 0.2) is 0 Å². The standard InChI is InChI=1S/C14H17N3O2/c1-4-9(2)16-13(18)11-8-10-6-5-7-15-12(10)17(3)14(11)19/h5-9H,4H2,1-3H3,(H,16,18)/t9-/m0/s1. The second-order valence-electron chi connectivity index (χ2n) is 4.62. The number of nitrogens with one attached hydrogen (secondary N) is 1. The molecule has 0 spiro atoms. The molecule has 100 valence electrons. The highest BCUT2D eigenvalue weighted by atomic mass is 16.2. The number of hydrogen-bond donors (Lipinski definition) is 1. The van der Waals surface area contributed by atoms with Gasteiger partial charge in [0.2, 0.25) is 0 Å². The summed E-state index contributed by atoms with van der Waals surface area (Å²) in [4.78, 5) is 28.4. The number of rotatable bonds is 3. The van der Waals surface area contributed by atoms with Gasteiger partial charge in [0, 0.05) is 24.7 Å². The number of fused-ring (bicyclic) bond motifs is 1. The number of carbonyl (C=O) groups excluding carboxylic acids is 1. The van der Waals surface area contributed by atoms with E-state index >= 15 is 0 Å². The molecule has 1 N–H and O–H groups in total. The zero-order chi connectivity index (χ0) is 14.0. The molecule has 19 heavy (non-hydrogen) atoms. The lowest BCUT2D eigenvalue weighted by Gasteiger charge is -2.12. The molecule has 0 saturated heterocycles. The number of carbonyl (C=O) groups is 1. The van der Waals surface area contributed by atoms with E-state index in [0.29, 0.717) is 5.65 Å². The number of nitrogens with zero attached hydrogens (tertiary/aromatic N) is 2. The zero-order valence-electron chi connectivity index (χ0n) is 11.3. The Hall–Kier alpha value is -2.17. The van der Waals surface area contributed by atoms with E-state index in [0.717, 1.165) is 11.8 Å². The summed E-state index contributed by atoms with van der Waals surface area (Å²) in [5.41, 5.74) is 0.405. The first-order chi connectivity index (χ1) is 9.04. The molecule has 0 unspecified atom stereocenters. The van der Waals surface area contributed by atoms with E-state index in [1.807, 2.05) is 19.9 Å². The van der Waals surface area contributed by atoms with Crippen molar-refractivity contribution in [2.24, 2.45) is 7.05 Å². The van der Waals surface area contributed by atoms with Crippen LogP contribution < -0.4 is 10.9 Å². The van der Waals surface area contributed by atoms with Gasteiger partial charge in [0.1, 0.15) is 11.2 Å². The normalized spacial score (nSPS) is 12.4. The fourth-order valence-electron chi connectivity index (χ4n) is 1.86. The van der Waals surface area contributed by atoms with Crippen LogP contribution >= 0.6 is 0 Å². The van der Waals surface area contributed by atoms with Gasteiger partial charge in [0.25, 0.3) is 11.5 Å². The Morgan fingerprint density at radius 1 is 1.53 bits per heavy atom.